The summed E-state index contributed by atoms with van der Waals surface area (Å²) >= 11 is 0. The number of aromatic nitrogens is 1. The van der Waals surface area contributed by atoms with Crippen molar-refractivity contribution >= 4 is 10.9 Å². The number of rotatable bonds is 6. The third-order valence-corrected chi connectivity index (χ3v) is 3.27. The molecule has 0 unspecified atom stereocenters. The van der Waals surface area contributed by atoms with Crippen LogP contribution in [0.3, 0.4) is 0 Å². The van der Waals surface area contributed by atoms with E-state index in [4.69, 9.17) is 5.26 Å². The normalized spacial score (nSPS) is 10.9. The van der Waals surface area contributed by atoms with Crippen LogP contribution in [0.15, 0.2) is 30.5 Å². The van der Waals surface area contributed by atoms with Gasteiger partial charge in [0.2, 0.25) is 0 Å². The minimum atomic E-state index is 0.650. The van der Waals surface area contributed by atoms with Crippen LogP contribution in [0.2, 0.25) is 0 Å². The number of nitriles is 1. The zero-order valence-corrected chi connectivity index (χ0v) is 10.8. The maximum Gasteiger partial charge on any atom is 0.0622 e. The highest BCUT2D eigenvalue weighted by atomic mass is 15.1. The van der Waals surface area contributed by atoms with Crippen LogP contribution in [-0.2, 0) is 6.42 Å². The molecular weight excluding hydrogens is 222 g/mol. The van der Waals surface area contributed by atoms with E-state index in [1.807, 2.05) is 0 Å². The SMILES string of the molecule is CN(CCCC#N)CCc1c[nH]c2ccccc12. The Morgan fingerprint density at radius 2 is 2.11 bits per heavy atom. The summed E-state index contributed by atoms with van der Waals surface area (Å²) in [7, 11) is 2.12. The monoisotopic (exact) mass is 241 g/mol. The summed E-state index contributed by atoms with van der Waals surface area (Å²) in [6.07, 6.45) is 4.76. The van der Waals surface area contributed by atoms with Gasteiger partial charge < -0.3 is 9.88 Å². The molecule has 18 heavy (non-hydrogen) atoms. The number of H-pyrrole nitrogens is 1. The molecule has 1 aromatic carbocycles. The summed E-state index contributed by atoms with van der Waals surface area (Å²) in [4.78, 5) is 5.59. The van der Waals surface area contributed by atoms with Crippen molar-refractivity contribution in [3.8, 4) is 6.07 Å². The first-order chi connectivity index (χ1) is 8.81. The van der Waals surface area contributed by atoms with Crippen molar-refractivity contribution in [2.75, 3.05) is 20.1 Å². The van der Waals surface area contributed by atoms with Gasteiger partial charge in [-0.3, -0.25) is 0 Å². The van der Waals surface area contributed by atoms with Gasteiger partial charge in [-0.1, -0.05) is 18.2 Å². The first-order valence-corrected chi connectivity index (χ1v) is 6.42. The average molecular weight is 241 g/mol. The Morgan fingerprint density at radius 3 is 2.94 bits per heavy atom. The first kappa shape index (κ1) is 12.7. The fourth-order valence-electron chi connectivity index (χ4n) is 2.19. The number of para-hydroxylation sites is 1. The second-order valence-corrected chi connectivity index (χ2v) is 4.67. The fourth-order valence-corrected chi connectivity index (χ4v) is 2.19. The van der Waals surface area contributed by atoms with E-state index in [0.717, 1.165) is 25.9 Å². The van der Waals surface area contributed by atoms with E-state index in [0.29, 0.717) is 6.42 Å². The van der Waals surface area contributed by atoms with Crippen molar-refractivity contribution < 1.29 is 0 Å². The summed E-state index contributed by atoms with van der Waals surface area (Å²) in [5, 5.41) is 9.83. The van der Waals surface area contributed by atoms with E-state index in [1.54, 1.807) is 0 Å². The molecule has 0 spiro atoms. The Balaban J connectivity index is 1.88. The molecule has 1 N–H and O–H groups in total. The summed E-state index contributed by atoms with van der Waals surface area (Å²) in [6.45, 7) is 2.03. The second-order valence-electron chi connectivity index (χ2n) is 4.67. The van der Waals surface area contributed by atoms with E-state index in [2.05, 4.69) is 53.5 Å². The summed E-state index contributed by atoms with van der Waals surface area (Å²) in [5.74, 6) is 0. The molecular formula is C15H19N3. The second kappa shape index (κ2) is 6.23. The Bertz CT molecular complexity index is 536. The van der Waals surface area contributed by atoms with Crippen LogP contribution in [0, 0.1) is 11.3 Å². The van der Waals surface area contributed by atoms with E-state index in [-0.39, 0.29) is 0 Å². The lowest BCUT2D eigenvalue weighted by molar-refractivity contribution is 0.335. The smallest absolute Gasteiger partial charge is 0.0622 e. The minimum absolute atomic E-state index is 0.650. The molecule has 0 radical (unpaired) electrons. The van der Waals surface area contributed by atoms with E-state index >= 15 is 0 Å². The summed E-state index contributed by atoms with van der Waals surface area (Å²) in [5.41, 5.74) is 2.58. The van der Waals surface area contributed by atoms with Crippen molar-refractivity contribution in [3.05, 3.63) is 36.0 Å². The van der Waals surface area contributed by atoms with Crippen LogP contribution in [0.1, 0.15) is 18.4 Å². The van der Waals surface area contributed by atoms with Gasteiger partial charge in [-0.15, -0.1) is 0 Å². The summed E-state index contributed by atoms with van der Waals surface area (Å²) in [6, 6.07) is 10.6. The van der Waals surface area contributed by atoms with Crippen LogP contribution in [-0.4, -0.2) is 30.0 Å². The molecule has 0 saturated carbocycles. The van der Waals surface area contributed by atoms with Crippen molar-refractivity contribution in [1.82, 2.24) is 9.88 Å². The lowest BCUT2D eigenvalue weighted by Crippen LogP contribution is -2.22. The highest BCUT2D eigenvalue weighted by molar-refractivity contribution is 5.83. The van der Waals surface area contributed by atoms with E-state index < -0.39 is 0 Å². The van der Waals surface area contributed by atoms with Gasteiger partial charge in [0.15, 0.2) is 0 Å². The molecule has 2 aromatic rings. The minimum Gasteiger partial charge on any atom is -0.361 e. The van der Waals surface area contributed by atoms with Gasteiger partial charge in [-0.2, -0.15) is 5.26 Å². The van der Waals surface area contributed by atoms with Gasteiger partial charge in [-0.25, -0.2) is 0 Å². The molecule has 0 fully saturated rings. The number of benzene rings is 1. The number of hydrogen-bond acceptors (Lipinski definition) is 2. The number of hydrogen-bond donors (Lipinski definition) is 1. The molecule has 3 nitrogen and oxygen atoms in total. The largest absolute Gasteiger partial charge is 0.361 e. The number of unbranched alkanes of at least 4 members (excludes halogenated alkanes) is 1. The predicted molar refractivity (Wildman–Crippen MR) is 74.3 cm³/mol. The van der Waals surface area contributed by atoms with Gasteiger partial charge >= 0.3 is 0 Å². The van der Waals surface area contributed by atoms with Gasteiger partial charge in [0.25, 0.3) is 0 Å². The van der Waals surface area contributed by atoms with E-state index in [9.17, 15) is 0 Å². The third-order valence-electron chi connectivity index (χ3n) is 3.27. The molecule has 2 rings (SSSR count). The zero-order chi connectivity index (χ0) is 12.8. The van der Waals surface area contributed by atoms with Crippen molar-refractivity contribution in [1.29, 1.82) is 5.26 Å². The lowest BCUT2D eigenvalue weighted by atomic mass is 10.1. The topological polar surface area (TPSA) is 42.8 Å². The number of nitrogens with zero attached hydrogens (tertiary/aromatic N) is 2. The van der Waals surface area contributed by atoms with Crippen molar-refractivity contribution in [2.24, 2.45) is 0 Å². The first-order valence-electron chi connectivity index (χ1n) is 6.42. The number of likely N-dealkylation sites (N-methyl/N-ethyl adjacent to an activating group) is 1. The van der Waals surface area contributed by atoms with Crippen LogP contribution < -0.4 is 0 Å². The predicted octanol–water partition coefficient (Wildman–Crippen LogP) is 2.95. The van der Waals surface area contributed by atoms with Crippen molar-refractivity contribution in [2.45, 2.75) is 19.3 Å². The highest BCUT2D eigenvalue weighted by Crippen LogP contribution is 2.18. The van der Waals surface area contributed by atoms with Gasteiger partial charge in [0, 0.05) is 30.1 Å². The molecule has 0 amide bonds. The molecule has 0 aliphatic rings. The van der Waals surface area contributed by atoms with Gasteiger partial charge in [0.05, 0.1) is 6.07 Å². The zero-order valence-electron chi connectivity index (χ0n) is 10.8. The molecule has 0 aliphatic heterocycles. The maximum atomic E-state index is 8.50. The molecule has 0 saturated heterocycles. The number of nitrogens with one attached hydrogen (secondary N) is 1. The highest BCUT2D eigenvalue weighted by Gasteiger charge is 2.04. The Hall–Kier alpha value is -1.79. The average Bonchev–Trinajstić information content (AvgIpc) is 2.80. The third kappa shape index (κ3) is 3.12. The van der Waals surface area contributed by atoms with E-state index in [1.165, 1.54) is 16.5 Å². The lowest BCUT2D eigenvalue weighted by Gasteiger charge is -2.15. The molecule has 3 heteroatoms. The van der Waals surface area contributed by atoms with Crippen LogP contribution in [0.4, 0.5) is 0 Å². The quantitative estimate of drug-likeness (QED) is 0.790. The molecule has 1 heterocycles. The van der Waals surface area contributed by atoms with Crippen LogP contribution >= 0.6 is 0 Å². The fraction of sp³-hybridized carbons (Fsp3) is 0.400. The Labute approximate surface area is 108 Å². The number of fused-ring (bicyclic) bond motifs is 1. The van der Waals surface area contributed by atoms with Crippen LogP contribution in [0.5, 0.6) is 0 Å². The molecule has 1 aromatic heterocycles. The molecule has 0 atom stereocenters. The summed E-state index contributed by atoms with van der Waals surface area (Å²) < 4.78 is 0. The van der Waals surface area contributed by atoms with Gasteiger partial charge in [-0.05, 0) is 38.1 Å². The molecule has 0 bridgehead atoms. The standard InChI is InChI=1S/C15H19N3/c1-18(10-5-4-9-16)11-8-13-12-17-15-7-3-2-6-14(13)15/h2-3,6-7,12,17H,4-5,8,10-11H2,1H3. The Kier molecular flexibility index (Phi) is 4.38. The van der Waals surface area contributed by atoms with Crippen LogP contribution in [0.25, 0.3) is 10.9 Å². The Morgan fingerprint density at radius 1 is 1.28 bits per heavy atom. The molecule has 94 valence electrons. The van der Waals surface area contributed by atoms with Crippen molar-refractivity contribution in [3.63, 3.8) is 0 Å². The number of aromatic amines is 1. The molecule has 0 aliphatic carbocycles. The maximum absolute atomic E-state index is 8.50. The van der Waals surface area contributed by atoms with Gasteiger partial charge in [0.1, 0.15) is 0 Å².